The number of para-hydroxylation sites is 2. The maximum atomic E-state index is 13.8. The third-order valence-electron chi connectivity index (χ3n) is 7.99. The second kappa shape index (κ2) is 9.16. The van der Waals surface area contributed by atoms with Crippen molar-refractivity contribution >= 4 is 16.9 Å². The summed E-state index contributed by atoms with van der Waals surface area (Å²) < 4.78 is 7.85. The number of carbonyl (C=O) groups is 1. The summed E-state index contributed by atoms with van der Waals surface area (Å²) in [4.78, 5) is 23.3. The molecule has 2 aliphatic carbocycles. The number of imidazole rings is 1. The third-order valence-corrected chi connectivity index (χ3v) is 7.99. The molecular formula is C27H34N4O2. The van der Waals surface area contributed by atoms with Gasteiger partial charge in [0.1, 0.15) is 11.4 Å². The summed E-state index contributed by atoms with van der Waals surface area (Å²) in [5.41, 5.74) is 8.32. The lowest BCUT2D eigenvalue weighted by molar-refractivity contribution is -0.135. The van der Waals surface area contributed by atoms with E-state index in [9.17, 15) is 4.79 Å². The number of nitrogens with two attached hydrogens (primary N) is 1. The average Bonchev–Trinajstić information content (AvgIpc) is 3.25. The Morgan fingerprint density at radius 1 is 0.970 bits per heavy atom. The van der Waals surface area contributed by atoms with Gasteiger partial charge in [-0.1, -0.05) is 50.7 Å². The van der Waals surface area contributed by atoms with Crippen molar-refractivity contribution < 1.29 is 9.53 Å². The Balaban J connectivity index is 1.85. The number of hydrogen-bond acceptors (Lipinski definition) is 4. The second-order valence-corrected chi connectivity index (χ2v) is 9.68. The van der Waals surface area contributed by atoms with E-state index in [0.717, 1.165) is 73.8 Å². The van der Waals surface area contributed by atoms with E-state index in [1.54, 1.807) is 13.3 Å². The lowest BCUT2D eigenvalue weighted by Gasteiger charge is -2.48. The van der Waals surface area contributed by atoms with E-state index in [0.29, 0.717) is 5.88 Å². The van der Waals surface area contributed by atoms with Gasteiger partial charge in [-0.2, -0.15) is 0 Å². The maximum Gasteiger partial charge on any atom is 0.244 e. The van der Waals surface area contributed by atoms with Crippen molar-refractivity contribution in [2.75, 3.05) is 7.11 Å². The largest absolute Gasteiger partial charge is 0.480 e. The Hall–Kier alpha value is -2.89. The number of amides is 1. The van der Waals surface area contributed by atoms with Gasteiger partial charge in [-0.05, 0) is 61.8 Å². The zero-order valence-electron chi connectivity index (χ0n) is 19.5. The van der Waals surface area contributed by atoms with E-state index in [1.807, 2.05) is 30.3 Å². The standard InChI is InChI=1S/C27H34N4O2/c1-33-25-21(15-10-18-29-25)24-30-22-16-8-9-17-23(22)31(24)27(26(28)32,19-11-4-2-5-12-19)20-13-6-3-7-14-20/h8-10,15-20H,2-7,11-14H2,1H3,(H2,28,32). The van der Waals surface area contributed by atoms with Crippen LogP contribution in [0, 0.1) is 11.8 Å². The van der Waals surface area contributed by atoms with Crippen LogP contribution in [0.4, 0.5) is 0 Å². The number of carbonyl (C=O) groups excluding carboxylic acids is 1. The van der Waals surface area contributed by atoms with Crippen molar-refractivity contribution in [2.45, 2.75) is 69.7 Å². The predicted octanol–water partition coefficient (Wildman–Crippen LogP) is 5.45. The Bertz CT molecular complexity index is 1110. The summed E-state index contributed by atoms with van der Waals surface area (Å²) in [5, 5.41) is 0. The van der Waals surface area contributed by atoms with Gasteiger partial charge in [-0.3, -0.25) is 4.79 Å². The molecule has 0 spiro atoms. The first-order valence-electron chi connectivity index (χ1n) is 12.4. The van der Waals surface area contributed by atoms with Gasteiger partial charge in [0, 0.05) is 6.20 Å². The van der Waals surface area contributed by atoms with E-state index >= 15 is 0 Å². The molecule has 0 saturated heterocycles. The summed E-state index contributed by atoms with van der Waals surface area (Å²) in [6.45, 7) is 0. The number of hydrogen-bond donors (Lipinski definition) is 1. The third kappa shape index (κ3) is 3.60. The molecule has 5 rings (SSSR count). The molecule has 2 heterocycles. The van der Waals surface area contributed by atoms with E-state index in [1.165, 1.54) is 12.8 Å². The zero-order chi connectivity index (χ0) is 22.8. The van der Waals surface area contributed by atoms with Gasteiger partial charge in [0.05, 0.1) is 23.7 Å². The molecule has 0 aliphatic heterocycles. The van der Waals surface area contributed by atoms with Crippen LogP contribution < -0.4 is 10.5 Å². The Morgan fingerprint density at radius 2 is 1.61 bits per heavy atom. The van der Waals surface area contributed by atoms with Crippen molar-refractivity contribution in [1.29, 1.82) is 0 Å². The van der Waals surface area contributed by atoms with Gasteiger partial charge < -0.3 is 15.0 Å². The van der Waals surface area contributed by atoms with Gasteiger partial charge in [0.15, 0.2) is 0 Å². The highest BCUT2D eigenvalue weighted by molar-refractivity contribution is 5.90. The molecule has 0 unspecified atom stereocenters. The number of aromatic nitrogens is 3. The molecule has 0 radical (unpaired) electrons. The molecule has 2 saturated carbocycles. The van der Waals surface area contributed by atoms with Crippen molar-refractivity contribution in [1.82, 2.24) is 14.5 Å². The molecule has 174 valence electrons. The minimum absolute atomic E-state index is 0.200. The molecule has 6 heteroatoms. The highest BCUT2D eigenvalue weighted by Gasteiger charge is 2.53. The van der Waals surface area contributed by atoms with E-state index in [-0.39, 0.29) is 17.7 Å². The second-order valence-electron chi connectivity index (χ2n) is 9.68. The van der Waals surface area contributed by atoms with Gasteiger partial charge in [0.2, 0.25) is 11.8 Å². The summed E-state index contributed by atoms with van der Waals surface area (Å²) in [6, 6.07) is 12.0. The summed E-state index contributed by atoms with van der Waals surface area (Å²) in [7, 11) is 1.63. The van der Waals surface area contributed by atoms with Crippen molar-refractivity contribution in [2.24, 2.45) is 17.6 Å². The molecule has 33 heavy (non-hydrogen) atoms. The highest BCUT2D eigenvalue weighted by atomic mass is 16.5. The van der Waals surface area contributed by atoms with Crippen LogP contribution in [0.1, 0.15) is 64.2 Å². The summed E-state index contributed by atoms with van der Waals surface area (Å²) in [5.74, 6) is 1.43. The molecule has 3 aromatic rings. The number of ether oxygens (including phenoxy) is 1. The lowest BCUT2D eigenvalue weighted by Crippen LogP contribution is -2.58. The minimum atomic E-state index is -0.812. The fraction of sp³-hybridized carbons (Fsp3) is 0.519. The average molecular weight is 447 g/mol. The number of pyridine rings is 1. The Morgan fingerprint density at radius 3 is 2.21 bits per heavy atom. The predicted molar refractivity (Wildman–Crippen MR) is 130 cm³/mol. The van der Waals surface area contributed by atoms with Crippen LogP contribution >= 0.6 is 0 Å². The van der Waals surface area contributed by atoms with Crippen LogP contribution in [0.25, 0.3) is 22.4 Å². The smallest absolute Gasteiger partial charge is 0.244 e. The lowest BCUT2D eigenvalue weighted by atomic mass is 9.63. The first kappa shape index (κ1) is 21.9. The summed E-state index contributed by atoms with van der Waals surface area (Å²) in [6.07, 6.45) is 12.8. The molecule has 6 nitrogen and oxygen atoms in total. The number of fused-ring (bicyclic) bond motifs is 1. The van der Waals surface area contributed by atoms with Crippen LogP contribution in [-0.4, -0.2) is 27.6 Å². The quantitative estimate of drug-likeness (QED) is 0.546. The minimum Gasteiger partial charge on any atom is -0.480 e. The molecule has 1 amide bonds. The SMILES string of the molecule is COc1ncccc1-c1nc2ccccc2n1C(C(N)=O)(C1CCCCC1)C1CCCCC1. The monoisotopic (exact) mass is 446 g/mol. The zero-order valence-corrected chi connectivity index (χ0v) is 19.5. The van der Waals surface area contributed by atoms with Crippen LogP contribution in [-0.2, 0) is 10.3 Å². The Kier molecular flexibility index (Phi) is 6.09. The van der Waals surface area contributed by atoms with Crippen molar-refractivity contribution in [3.63, 3.8) is 0 Å². The number of nitrogens with zero attached hydrogens (tertiary/aromatic N) is 3. The Labute approximate surface area is 195 Å². The van der Waals surface area contributed by atoms with Crippen LogP contribution in [0.15, 0.2) is 42.6 Å². The maximum absolute atomic E-state index is 13.8. The highest BCUT2D eigenvalue weighted by Crippen LogP contribution is 2.50. The molecule has 1 aromatic carbocycles. The number of rotatable bonds is 6. The fourth-order valence-electron chi connectivity index (χ4n) is 6.60. The van der Waals surface area contributed by atoms with Gasteiger partial charge in [-0.15, -0.1) is 0 Å². The van der Waals surface area contributed by atoms with Crippen LogP contribution in [0.3, 0.4) is 0 Å². The molecule has 2 aromatic heterocycles. The molecular weight excluding hydrogens is 412 g/mol. The van der Waals surface area contributed by atoms with Crippen LogP contribution in [0.2, 0.25) is 0 Å². The fourth-order valence-corrected chi connectivity index (χ4v) is 6.60. The first-order chi connectivity index (χ1) is 16.2. The molecule has 2 fully saturated rings. The number of benzene rings is 1. The van der Waals surface area contributed by atoms with Crippen molar-refractivity contribution in [3.05, 3.63) is 42.6 Å². The van der Waals surface area contributed by atoms with Gasteiger partial charge in [-0.25, -0.2) is 9.97 Å². The van der Waals surface area contributed by atoms with Crippen molar-refractivity contribution in [3.8, 4) is 17.3 Å². The molecule has 0 atom stereocenters. The molecule has 2 N–H and O–H groups in total. The van der Waals surface area contributed by atoms with Crippen LogP contribution in [0.5, 0.6) is 5.88 Å². The number of primary amides is 1. The normalized spacial score (nSPS) is 18.5. The first-order valence-corrected chi connectivity index (χ1v) is 12.4. The molecule has 0 bridgehead atoms. The van der Waals surface area contributed by atoms with E-state index < -0.39 is 5.54 Å². The molecule has 2 aliphatic rings. The summed E-state index contributed by atoms with van der Waals surface area (Å²) >= 11 is 0. The topological polar surface area (TPSA) is 83.0 Å². The van der Waals surface area contributed by atoms with E-state index in [2.05, 4.69) is 15.6 Å². The van der Waals surface area contributed by atoms with Gasteiger partial charge in [0.25, 0.3) is 0 Å². The number of methoxy groups -OCH3 is 1. The van der Waals surface area contributed by atoms with Gasteiger partial charge >= 0.3 is 0 Å². The van der Waals surface area contributed by atoms with E-state index in [4.69, 9.17) is 15.5 Å².